The first-order valence-electron chi connectivity index (χ1n) is 6.18. The molecule has 1 N–H and O–H groups in total. The lowest BCUT2D eigenvalue weighted by atomic mass is 10.2. The number of rotatable bonds is 4. The second-order valence-electron chi connectivity index (χ2n) is 4.41. The van der Waals surface area contributed by atoms with Crippen LogP contribution in [0.2, 0.25) is 5.02 Å². The van der Waals surface area contributed by atoms with Crippen LogP contribution in [0.3, 0.4) is 0 Å². The van der Waals surface area contributed by atoms with Crippen LogP contribution in [-0.4, -0.2) is 29.9 Å². The van der Waals surface area contributed by atoms with Crippen LogP contribution in [-0.2, 0) is 0 Å². The van der Waals surface area contributed by atoms with Crippen molar-refractivity contribution < 1.29 is 4.79 Å². The van der Waals surface area contributed by atoms with E-state index in [9.17, 15) is 4.79 Å². The van der Waals surface area contributed by atoms with Gasteiger partial charge in [-0.2, -0.15) is 0 Å². The molecule has 0 fully saturated rings. The molecule has 1 amide bonds. The number of amides is 1. The maximum Gasteiger partial charge on any atom is 0.255 e. The molecule has 6 heteroatoms. The van der Waals surface area contributed by atoms with Gasteiger partial charge in [-0.1, -0.05) is 17.7 Å². The zero-order valence-electron chi connectivity index (χ0n) is 11.6. The summed E-state index contributed by atoms with van der Waals surface area (Å²) >= 11 is 7.70. The smallest absolute Gasteiger partial charge is 0.255 e. The van der Waals surface area contributed by atoms with Gasteiger partial charge in [-0.25, -0.2) is 4.98 Å². The summed E-state index contributed by atoms with van der Waals surface area (Å²) in [5.74, 6) is 0.472. The van der Waals surface area contributed by atoms with Crippen molar-refractivity contribution in [3.05, 3.63) is 45.2 Å². The lowest BCUT2D eigenvalue weighted by molar-refractivity contribution is 0.0744. The van der Waals surface area contributed by atoms with Gasteiger partial charge in [0.05, 0.1) is 16.6 Å². The number of halogens is 1. The number of aromatic nitrogens is 1. The number of hydrogen-bond acceptors (Lipinski definition) is 4. The van der Waals surface area contributed by atoms with Gasteiger partial charge in [0.1, 0.15) is 5.82 Å². The third kappa shape index (κ3) is 2.94. The van der Waals surface area contributed by atoms with E-state index in [0.29, 0.717) is 16.4 Å². The first-order valence-corrected chi connectivity index (χ1v) is 7.44. The Morgan fingerprint density at radius 3 is 2.85 bits per heavy atom. The summed E-state index contributed by atoms with van der Waals surface area (Å²) in [6, 6.07) is 5.66. The number of carbonyl (C=O) groups excluding carboxylic acids is 1. The van der Waals surface area contributed by atoms with Crippen molar-refractivity contribution in [2.45, 2.75) is 13.0 Å². The van der Waals surface area contributed by atoms with Gasteiger partial charge in [0.2, 0.25) is 0 Å². The highest BCUT2D eigenvalue weighted by atomic mass is 35.5. The molecule has 0 aliphatic carbocycles. The van der Waals surface area contributed by atoms with Gasteiger partial charge in [0, 0.05) is 25.2 Å². The van der Waals surface area contributed by atoms with Gasteiger partial charge in [-0.3, -0.25) is 4.79 Å². The molecule has 0 saturated heterocycles. The topological polar surface area (TPSA) is 45.2 Å². The molecule has 2 aromatic rings. The molecule has 4 nitrogen and oxygen atoms in total. The minimum absolute atomic E-state index is 0.0188. The normalized spacial score (nSPS) is 12.0. The van der Waals surface area contributed by atoms with Crippen LogP contribution in [0, 0.1) is 0 Å². The molecule has 0 aliphatic rings. The highest BCUT2D eigenvalue weighted by Crippen LogP contribution is 2.26. The minimum atomic E-state index is -0.0945. The van der Waals surface area contributed by atoms with Crippen LogP contribution in [0.5, 0.6) is 0 Å². The fraction of sp³-hybridized carbons (Fsp3) is 0.286. The predicted octanol–water partition coefficient (Wildman–Crippen LogP) is 3.67. The largest absolute Gasteiger partial charge is 0.372 e. The Hall–Kier alpha value is -1.59. The maximum atomic E-state index is 12.4. The molecule has 0 spiro atoms. The third-order valence-electron chi connectivity index (χ3n) is 3.18. The number of anilines is 1. The summed E-state index contributed by atoms with van der Waals surface area (Å²) in [4.78, 5) is 19.4. The molecule has 20 heavy (non-hydrogen) atoms. The van der Waals surface area contributed by atoms with E-state index in [1.165, 1.54) is 6.20 Å². The van der Waals surface area contributed by atoms with E-state index in [2.05, 4.69) is 10.3 Å². The molecule has 106 valence electrons. The standard InChI is InChI=1S/C14H16ClN3OS/c1-9(12-5-4-6-20-12)18(3)14(19)10-7-11(15)13(16-2)17-8-10/h4-9H,1-3H3,(H,16,17). The molecule has 2 aromatic heterocycles. The third-order valence-corrected chi connectivity index (χ3v) is 4.51. The molecule has 1 atom stereocenters. The van der Waals surface area contributed by atoms with Crippen LogP contribution >= 0.6 is 22.9 Å². The zero-order valence-corrected chi connectivity index (χ0v) is 13.1. The molecular formula is C14H16ClN3OS. The van der Waals surface area contributed by atoms with Gasteiger partial charge in [0.15, 0.2) is 0 Å². The van der Waals surface area contributed by atoms with E-state index in [4.69, 9.17) is 11.6 Å². The van der Waals surface area contributed by atoms with E-state index in [-0.39, 0.29) is 11.9 Å². The number of hydrogen-bond donors (Lipinski definition) is 1. The summed E-state index contributed by atoms with van der Waals surface area (Å²) in [6.45, 7) is 2.00. The molecule has 0 aromatic carbocycles. The summed E-state index contributed by atoms with van der Waals surface area (Å²) in [7, 11) is 3.52. The Kier molecular flexibility index (Phi) is 4.62. The Morgan fingerprint density at radius 1 is 1.55 bits per heavy atom. The van der Waals surface area contributed by atoms with Crippen LogP contribution in [0.4, 0.5) is 5.82 Å². The summed E-state index contributed by atoms with van der Waals surface area (Å²) in [6.07, 6.45) is 1.54. The molecule has 2 heterocycles. The predicted molar refractivity (Wildman–Crippen MR) is 83.6 cm³/mol. The number of nitrogens with one attached hydrogen (secondary N) is 1. The van der Waals surface area contributed by atoms with E-state index < -0.39 is 0 Å². The average molecular weight is 310 g/mol. The molecule has 0 radical (unpaired) electrons. The number of thiophene rings is 1. The highest BCUT2D eigenvalue weighted by molar-refractivity contribution is 7.10. The molecule has 0 aliphatic heterocycles. The monoisotopic (exact) mass is 309 g/mol. The Morgan fingerprint density at radius 2 is 2.30 bits per heavy atom. The second-order valence-corrected chi connectivity index (χ2v) is 5.80. The van der Waals surface area contributed by atoms with Gasteiger partial charge in [0.25, 0.3) is 5.91 Å². The fourth-order valence-corrected chi connectivity index (χ4v) is 2.93. The SMILES string of the molecule is CNc1ncc(C(=O)N(C)C(C)c2cccs2)cc1Cl. The molecule has 0 bridgehead atoms. The summed E-state index contributed by atoms with van der Waals surface area (Å²) < 4.78 is 0. The number of carbonyl (C=O) groups is 1. The fourth-order valence-electron chi connectivity index (χ4n) is 1.84. The molecule has 2 rings (SSSR count). The van der Waals surface area contributed by atoms with Crippen molar-refractivity contribution >= 4 is 34.7 Å². The van der Waals surface area contributed by atoms with Crippen molar-refractivity contribution in [1.82, 2.24) is 9.88 Å². The van der Waals surface area contributed by atoms with Crippen molar-refractivity contribution in [1.29, 1.82) is 0 Å². The van der Waals surface area contributed by atoms with E-state index in [1.54, 1.807) is 36.4 Å². The first-order chi connectivity index (χ1) is 9.54. The van der Waals surface area contributed by atoms with E-state index in [1.807, 2.05) is 24.4 Å². The lowest BCUT2D eigenvalue weighted by Gasteiger charge is -2.24. The van der Waals surface area contributed by atoms with Gasteiger partial charge >= 0.3 is 0 Å². The number of nitrogens with zero attached hydrogens (tertiary/aromatic N) is 2. The Bertz CT molecular complexity index is 600. The summed E-state index contributed by atoms with van der Waals surface area (Å²) in [5, 5.41) is 5.31. The van der Waals surface area contributed by atoms with Crippen LogP contribution in [0.25, 0.3) is 0 Å². The van der Waals surface area contributed by atoms with Crippen LogP contribution in [0.1, 0.15) is 28.2 Å². The first kappa shape index (κ1) is 14.8. The quantitative estimate of drug-likeness (QED) is 0.937. The van der Waals surface area contributed by atoms with Gasteiger partial charge in [-0.15, -0.1) is 11.3 Å². The highest BCUT2D eigenvalue weighted by Gasteiger charge is 2.20. The van der Waals surface area contributed by atoms with Crippen molar-refractivity contribution in [2.75, 3.05) is 19.4 Å². The van der Waals surface area contributed by atoms with Crippen LogP contribution < -0.4 is 5.32 Å². The van der Waals surface area contributed by atoms with Gasteiger partial charge in [-0.05, 0) is 24.4 Å². The zero-order chi connectivity index (χ0) is 14.7. The minimum Gasteiger partial charge on any atom is -0.372 e. The van der Waals surface area contributed by atoms with E-state index in [0.717, 1.165) is 4.88 Å². The second kappa shape index (κ2) is 6.24. The van der Waals surface area contributed by atoms with E-state index >= 15 is 0 Å². The van der Waals surface area contributed by atoms with Gasteiger partial charge < -0.3 is 10.2 Å². The van der Waals surface area contributed by atoms with Crippen molar-refractivity contribution in [3.63, 3.8) is 0 Å². The Balaban J connectivity index is 2.20. The van der Waals surface area contributed by atoms with Crippen molar-refractivity contribution in [3.8, 4) is 0 Å². The van der Waals surface area contributed by atoms with Crippen molar-refractivity contribution in [2.24, 2.45) is 0 Å². The van der Waals surface area contributed by atoms with Crippen LogP contribution in [0.15, 0.2) is 29.8 Å². The lowest BCUT2D eigenvalue weighted by Crippen LogP contribution is -2.29. The number of pyridine rings is 1. The summed E-state index contributed by atoms with van der Waals surface area (Å²) in [5.41, 5.74) is 0.486. The molecular weight excluding hydrogens is 294 g/mol. The molecule has 0 saturated carbocycles. The molecule has 1 unspecified atom stereocenters. The maximum absolute atomic E-state index is 12.4. The average Bonchev–Trinajstić information content (AvgIpc) is 2.99. The Labute approximate surface area is 127 Å².